The van der Waals surface area contributed by atoms with Crippen LogP contribution < -0.4 is 4.74 Å². The number of hydrogen-bond acceptors (Lipinski definition) is 2. The summed E-state index contributed by atoms with van der Waals surface area (Å²) in [4.78, 5) is 10.4. The summed E-state index contributed by atoms with van der Waals surface area (Å²) in [7, 11) is 0. The molecule has 4 heteroatoms. The summed E-state index contributed by atoms with van der Waals surface area (Å²) in [5.74, 6) is 0.222. The lowest BCUT2D eigenvalue weighted by Gasteiger charge is -2.07. The van der Waals surface area contributed by atoms with Gasteiger partial charge in [-0.3, -0.25) is 0 Å². The van der Waals surface area contributed by atoms with Crippen molar-refractivity contribution in [2.75, 3.05) is 0 Å². The van der Waals surface area contributed by atoms with Gasteiger partial charge < -0.3 is 9.84 Å². The van der Waals surface area contributed by atoms with Crippen molar-refractivity contribution in [3.05, 3.63) is 65.2 Å². The molecule has 0 fully saturated rings. The molecule has 1 N–H and O–H groups in total. The molecule has 0 aromatic heterocycles. The van der Waals surface area contributed by atoms with Crippen molar-refractivity contribution >= 4 is 23.6 Å². The van der Waals surface area contributed by atoms with Gasteiger partial charge in [-0.1, -0.05) is 35.9 Å². The Morgan fingerprint density at radius 2 is 1.89 bits per heavy atom. The largest absolute Gasteiger partial charge is 0.478 e. The van der Waals surface area contributed by atoms with Crippen molar-refractivity contribution in [3.8, 4) is 11.5 Å². The van der Waals surface area contributed by atoms with E-state index in [9.17, 15) is 4.79 Å². The van der Waals surface area contributed by atoms with E-state index in [0.717, 1.165) is 6.08 Å². The van der Waals surface area contributed by atoms with Crippen LogP contribution in [0.25, 0.3) is 6.08 Å². The second-order valence-electron chi connectivity index (χ2n) is 3.78. The number of rotatable bonds is 4. The van der Waals surface area contributed by atoms with Crippen LogP contribution in [0.3, 0.4) is 0 Å². The molecule has 3 nitrogen and oxygen atoms in total. The number of carbonyl (C=O) groups is 1. The van der Waals surface area contributed by atoms with Gasteiger partial charge in [0.1, 0.15) is 11.5 Å². The van der Waals surface area contributed by atoms with Crippen molar-refractivity contribution in [2.24, 2.45) is 0 Å². The Bertz CT molecular complexity index is 606. The third-order valence-corrected chi connectivity index (χ3v) is 2.64. The van der Waals surface area contributed by atoms with Gasteiger partial charge in [0.15, 0.2) is 0 Å². The Morgan fingerprint density at radius 3 is 2.53 bits per heavy atom. The molecule has 2 rings (SSSR count). The molecule has 2 aromatic rings. The fraction of sp³-hybridized carbons (Fsp3) is 0. The molecular formula is C15H11ClO3. The smallest absolute Gasteiger partial charge is 0.328 e. The quantitative estimate of drug-likeness (QED) is 0.849. The lowest BCUT2D eigenvalue weighted by atomic mass is 10.2. The van der Waals surface area contributed by atoms with Crippen molar-refractivity contribution in [1.82, 2.24) is 0 Å². The number of hydrogen-bond donors (Lipinski definition) is 1. The number of halogens is 1. The maximum Gasteiger partial charge on any atom is 0.328 e. The van der Waals surface area contributed by atoms with E-state index < -0.39 is 5.97 Å². The van der Waals surface area contributed by atoms with E-state index in [1.165, 1.54) is 6.08 Å². The van der Waals surface area contributed by atoms with Crippen LogP contribution in [0.15, 0.2) is 54.6 Å². The molecule has 19 heavy (non-hydrogen) atoms. The fourth-order valence-electron chi connectivity index (χ4n) is 1.49. The lowest BCUT2D eigenvalue weighted by Crippen LogP contribution is -1.87. The molecule has 0 aliphatic heterocycles. The molecule has 96 valence electrons. The van der Waals surface area contributed by atoms with Crippen LogP contribution in [-0.4, -0.2) is 11.1 Å². The van der Waals surface area contributed by atoms with E-state index in [4.69, 9.17) is 21.4 Å². The number of carboxylic acids is 1. The zero-order chi connectivity index (χ0) is 13.7. The van der Waals surface area contributed by atoms with Crippen molar-refractivity contribution in [2.45, 2.75) is 0 Å². The van der Waals surface area contributed by atoms with Gasteiger partial charge in [0.05, 0.1) is 5.02 Å². The number of carboxylic acid groups (broad SMARTS) is 1. The molecule has 0 saturated heterocycles. The van der Waals surface area contributed by atoms with E-state index in [1.54, 1.807) is 18.2 Å². The standard InChI is InChI=1S/C15H11ClO3/c16-13-10-11(7-9-15(17)18)6-8-14(13)19-12-4-2-1-3-5-12/h1-10H,(H,17,18)/b9-7+. The number of para-hydroxylation sites is 1. The molecule has 0 bridgehead atoms. The molecule has 0 unspecified atom stereocenters. The average Bonchev–Trinajstić information content (AvgIpc) is 2.40. The van der Waals surface area contributed by atoms with Crippen LogP contribution in [0.4, 0.5) is 0 Å². The Morgan fingerprint density at radius 1 is 1.16 bits per heavy atom. The van der Waals surface area contributed by atoms with Gasteiger partial charge in [0.2, 0.25) is 0 Å². The average molecular weight is 275 g/mol. The molecule has 0 spiro atoms. The van der Waals surface area contributed by atoms with Crippen molar-refractivity contribution in [3.63, 3.8) is 0 Å². The highest BCUT2D eigenvalue weighted by Crippen LogP contribution is 2.30. The molecule has 0 atom stereocenters. The first-order chi connectivity index (χ1) is 9.15. The molecule has 0 radical (unpaired) electrons. The van der Waals surface area contributed by atoms with E-state index in [1.807, 2.05) is 30.3 Å². The molecule has 2 aromatic carbocycles. The summed E-state index contributed by atoms with van der Waals surface area (Å²) < 4.78 is 5.62. The topological polar surface area (TPSA) is 46.5 Å². The highest BCUT2D eigenvalue weighted by atomic mass is 35.5. The summed E-state index contributed by atoms with van der Waals surface area (Å²) in [6.07, 6.45) is 2.53. The Kier molecular flexibility index (Phi) is 4.21. The molecule has 0 saturated carbocycles. The summed E-state index contributed by atoms with van der Waals surface area (Å²) in [6.45, 7) is 0. The van der Waals surface area contributed by atoms with Crippen molar-refractivity contribution in [1.29, 1.82) is 0 Å². The zero-order valence-corrected chi connectivity index (χ0v) is 10.7. The van der Waals surface area contributed by atoms with Crippen LogP contribution in [0.1, 0.15) is 5.56 Å². The van der Waals surface area contributed by atoms with Gasteiger partial charge in [0, 0.05) is 6.08 Å². The van der Waals surface area contributed by atoms with Crippen LogP contribution in [0, 0.1) is 0 Å². The summed E-state index contributed by atoms with van der Waals surface area (Å²) in [5.41, 5.74) is 0.702. The Balaban J connectivity index is 2.18. The third-order valence-electron chi connectivity index (χ3n) is 2.35. The summed E-state index contributed by atoms with van der Waals surface area (Å²) in [5, 5.41) is 8.98. The first-order valence-electron chi connectivity index (χ1n) is 5.58. The monoisotopic (exact) mass is 274 g/mol. The maximum atomic E-state index is 10.4. The second kappa shape index (κ2) is 6.07. The predicted octanol–water partition coefficient (Wildman–Crippen LogP) is 4.23. The van der Waals surface area contributed by atoms with E-state index >= 15 is 0 Å². The molecule has 0 heterocycles. The van der Waals surface area contributed by atoms with Crippen molar-refractivity contribution < 1.29 is 14.6 Å². The van der Waals surface area contributed by atoms with Gasteiger partial charge in [-0.15, -0.1) is 0 Å². The highest BCUT2D eigenvalue weighted by molar-refractivity contribution is 6.32. The summed E-state index contributed by atoms with van der Waals surface area (Å²) in [6, 6.07) is 14.4. The van der Waals surface area contributed by atoms with Gasteiger partial charge in [-0.05, 0) is 35.9 Å². The zero-order valence-electron chi connectivity index (χ0n) is 9.92. The Hall–Kier alpha value is -2.26. The highest BCUT2D eigenvalue weighted by Gasteiger charge is 2.03. The maximum absolute atomic E-state index is 10.4. The molecular weight excluding hydrogens is 264 g/mol. The lowest BCUT2D eigenvalue weighted by molar-refractivity contribution is -0.131. The first-order valence-corrected chi connectivity index (χ1v) is 5.96. The van der Waals surface area contributed by atoms with E-state index in [0.29, 0.717) is 22.1 Å². The number of aliphatic carboxylic acids is 1. The Labute approximate surface area is 115 Å². The molecule has 0 amide bonds. The minimum absolute atomic E-state index is 0.427. The molecule has 0 aliphatic carbocycles. The van der Waals surface area contributed by atoms with Crippen LogP contribution in [0.2, 0.25) is 5.02 Å². The van der Waals surface area contributed by atoms with Crippen LogP contribution in [-0.2, 0) is 4.79 Å². The minimum atomic E-state index is -0.999. The predicted molar refractivity (Wildman–Crippen MR) is 74.6 cm³/mol. The summed E-state index contributed by atoms with van der Waals surface area (Å²) >= 11 is 6.09. The number of benzene rings is 2. The van der Waals surface area contributed by atoms with E-state index in [-0.39, 0.29) is 0 Å². The fourth-order valence-corrected chi connectivity index (χ4v) is 1.71. The van der Waals surface area contributed by atoms with E-state index in [2.05, 4.69) is 0 Å². The first kappa shape index (κ1) is 13.2. The van der Waals surface area contributed by atoms with Gasteiger partial charge in [-0.2, -0.15) is 0 Å². The van der Waals surface area contributed by atoms with Crippen LogP contribution >= 0.6 is 11.6 Å². The second-order valence-corrected chi connectivity index (χ2v) is 4.18. The van der Waals surface area contributed by atoms with Gasteiger partial charge in [-0.25, -0.2) is 4.79 Å². The van der Waals surface area contributed by atoms with Crippen LogP contribution in [0.5, 0.6) is 11.5 Å². The third kappa shape index (κ3) is 3.86. The minimum Gasteiger partial charge on any atom is -0.478 e. The molecule has 0 aliphatic rings. The van der Waals surface area contributed by atoms with Gasteiger partial charge in [0.25, 0.3) is 0 Å². The van der Waals surface area contributed by atoms with Gasteiger partial charge >= 0.3 is 5.97 Å². The number of ether oxygens (including phenoxy) is 1. The normalized spacial score (nSPS) is 10.6. The SMILES string of the molecule is O=C(O)/C=C/c1ccc(Oc2ccccc2)c(Cl)c1.